The Bertz CT molecular complexity index is 1380. The molecule has 2 fully saturated rings. The third kappa shape index (κ3) is 3.48. The predicted octanol–water partition coefficient (Wildman–Crippen LogP) is 4.65. The molecule has 2 heterocycles. The molecule has 0 radical (unpaired) electrons. The molecule has 10 heteroatoms. The summed E-state index contributed by atoms with van der Waals surface area (Å²) in [7, 11) is 0. The first-order valence-corrected chi connectivity index (χ1v) is 11.0. The van der Waals surface area contributed by atoms with Crippen LogP contribution in [0.15, 0.2) is 48.0 Å². The maximum atomic E-state index is 15.6. The summed E-state index contributed by atoms with van der Waals surface area (Å²) in [5.74, 6) is -1.81. The number of halogens is 4. The maximum Gasteiger partial charge on any atom is 0.264 e. The van der Waals surface area contributed by atoms with Crippen LogP contribution in [0.2, 0.25) is 10.0 Å². The molecule has 1 aliphatic carbocycles. The van der Waals surface area contributed by atoms with Crippen molar-refractivity contribution in [1.82, 2.24) is 14.5 Å². The van der Waals surface area contributed by atoms with Crippen molar-refractivity contribution in [3.05, 3.63) is 80.8 Å². The first-order chi connectivity index (χ1) is 15.8. The third-order valence-corrected chi connectivity index (χ3v) is 6.94. The number of benzene rings is 2. The Morgan fingerprint density at radius 1 is 1.21 bits per heavy atom. The van der Waals surface area contributed by atoms with Crippen molar-refractivity contribution in [3.63, 3.8) is 0 Å². The number of likely N-dealkylation sites (tertiary alicyclic amines) is 1. The highest BCUT2D eigenvalue weighted by atomic mass is 35.5. The van der Waals surface area contributed by atoms with Gasteiger partial charge in [-0.25, -0.2) is 13.8 Å². The molecule has 0 atom stereocenters. The van der Waals surface area contributed by atoms with E-state index in [-0.39, 0.29) is 57.2 Å². The standard InChI is InChI=1S/C23H18Cl2F2N4O2/c1-2-17(32)30-9-23(10-30,19-14(26)6-5-13(24)20(19)25)29-16-8-7-15-18(21(16)27)22(33)31(11-28-15)12-3-4-12/h2,5-8,11-12,29H,1,3-4,9-10H2. The molecule has 1 aromatic heterocycles. The van der Waals surface area contributed by atoms with E-state index in [2.05, 4.69) is 16.9 Å². The van der Waals surface area contributed by atoms with Gasteiger partial charge in [-0.05, 0) is 43.2 Å². The number of hydrogen-bond donors (Lipinski definition) is 1. The van der Waals surface area contributed by atoms with Crippen LogP contribution < -0.4 is 10.9 Å². The fourth-order valence-corrected chi connectivity index (χ4v) is 4.80. The van der Waals surface area contributed by atoms with E-state index in [9.17, 15) is 14.0 Å². The van der Waals surface area contributed by atoms with Crippen LogP contribution in [0.1, 0.15) is 24.4 Å². The number of anilines is 1. The minimum Gasteiger partial charge on any atom is -0.370 e. The maximum absolute atomic E-state index is 15.6. The van der Waals surface area contributed by atoms with Gasteiger partial charge >= 0.3 is 0 Å². The van der Waals surface area contributed by atoms with E-state index in [1.165, 1.54) is 40.1 Å². The number of nitrogens with zero attached hydrogens (tertiary/aromatic N) is 3. The highest BCUT2D eigenvalue weighted by Crippen LogP contribution is 2.43. The molecule has 6 nitrogen and oxygen atoms in total. The Morgan fingerprint density at radius 3 is 2.61 bits per heavy atom. The van der Waals surface area contributed by atoms with Gasteiger partial charge in [0.1, 0.15) is 16.7 Å². The number of carbonyl (C=O) groups is 1. The van der Waals surface area contributed by atoms with Gasteiger partial charge in [0.05, 0.1) is 40.7 Å². The summed E-state index contributed by atoms with van der Waals surface area (Å²) in [6.07, 6.45) is 4.26. The lowest BCUT2D eigenvalue weighted by atomic mass is 9.81. The Kier molecular flexibility index (Phi) is 5.17. The van der Waals surface area contributed by atoms with Gasteiger partial charge in [0.15, 0.2) is 5.82 Å². The lowest BCUT2D eigenvalue weighted by molar-refractivity contribution is -0.132. The third-order valence-electron chi connectivity index (χ3n) is 6.13. The lowest BCUT2D eigenvalue weighted by Gasteiger charge is -2.51. The summed E-state index contributed by atoms with van der Waals surface area (Å²) in [5.41, 5.74) is -1.53. The fourth-order valence-electron chi connectivity index (χ4n) is 4.31. The molecule has 0 spiro atoms. The number of rotatable bonds is 5. The van der Waals surface area contributed by atoms with E-state index in [1.54, 1.807) is 0 Å². The SMILES string of the molecule is C=CC(=O)N1CC(Nc2ccc3ncn(C4CC4)c(=O)c3c2F)(c2c(F)ccc(Cl)c2Cl)C1. The van der Waals surface area contributed by atoms with E-state index >= 15 is 4.39 Å². The highest BCUT2D eigenvalue weighted by Gasteiger charge is 2.49. The second kappa shape index (κ2) is 7.81. The van der Waals surface area contributed by atoms with E-state index in [0.717, 1.165) is 18.9 Å². The quantitative estimate of drug-likeness (QED) is 0.417. The topological polar surface area (TPSA) is 67.2 Å². The van der Waals surface area contributed by atoms with E-state index < -0.39 is 22.7 Å². The molecule has 0 bridgehead atoms. The zero-order valence-corrected chi connectivity index (χ0v) is 18.8. The number of fused-ring (bicyclic) bond motifs is 1. The largest absolute Gasteiger partial charge is 0.370 e. The van der Waals surface area contributed by atoms with Crippen molar-refractivity contribution in [2.45, 2.75) is 24.4 Å². The van der Waals surface area contributed by atoms with Crippen molar-refractivity contribution >= 4 is 45.7 Å². The van der Waals surface area contributed by atoms with E-state index in [1.807, 2.05) is 0 Å². The normalized spacial score (nSPS) is 17.0. The molecule has 1 saturated carbocycles. The van der Waals surface area contributed by atoms with Crippen molar-refractivity contribution < 1.29 is 13.6 Å². The number of nitrogens with one attached hydrogen (secondary N) is 1. The van der Waals surface area contributed by atoms with Crippen LogP contribution in [0, 0.1) is 11.6 Å². The average molecular weight is 491 g/mol. The minimum atomic E-state index is -1.27. The van der Waals surface area contributed by atoms with Crippen LogP contribution in [-0.4, -0.2) is 33.4 Å². The van der Waals surface area contributed by atoms with Crippen LogP contribution in [0.5, 0.6) is 0 Å². The van der Waals surface area contributed by atoms with E-state index in [0.29, 0.717) is 0 Å². The van der Waals surface area contributed by atoms with Crippen molar-refractivity contribution in [3.8, 4) is 0 Å². The molecule has 2 aliphatic rings. The Balaban J connectivity index is 1.63. The second-order valence-corrected chi connectivity index (χ2v) is 9.12. The van der Waals surface area contributed by atoms with Crippen LogP contribution in [0.25, 0.3) is 10.9 Å². The summed E-state index contributed by atoms with van der Waals surface area (Å²) in [6.45, 7) is 3.45. The molecular formula is C23H18Cl2F2N4O2. The summed E-state index contributed by atoms with van der Waals surface area (Å²) >= 11 is 12.5. The molecule has 2 aromatic carbocycles. The van der Waals surface area contributed by atoms with E-state index in [4.69, 9.17) is 23.2 Å². The average Bonchev–Trinajstić information content (AvgIpc) is 3.60. The number of aromatic nitrogens is 2. The van der Waals surface area contributed by atoms with Crippen molar-refractivity contribution in [2.24, 2.45) is 0 Å². The molecule has 3 aromatic rings. The number of carbonyl (C=O) groups excluding carboxylic acids is 1. The fraction of sp³-hybridized carbons (Fsp3) is 0.261. The summed E-state index contributed by atoms with van der Waals surface area (Å²) in [5, 5.41) is 2.95. The minimum absolute atomic E-state index is 0.00828. The Hall–Kier alpha value is -2.97. The lowest BCUT2D eigenvalue weighted by Crippen LogP contribution is -2.65. The van der Waals surface area contributed by atoms with Gasteiger partial charge in [-0.15, -0.1) is 0 Å². The summed E-state index contributed by atoms with van der Waals surface area (Å²) in [4.78, 5) is 30.7. The van der Waals surface area contributed by atoms with Gasteiger partial charge in [-0.2, -0.15) is 0 Å². The predicted molar refractivity (Wildman–Crippen MR) is 123 cm³/mol. The molecule has 1 aliphatic heterocycles. The van der Waals surface area contributed by atoms with Gasteiger partial charge in [0.25, 0.3) is 5.56 Å². The van der Waals surface area contributed by atoms with Crippen LogP contribution >= 0.6 is 23.2 Å². The van der Waals surface area contributed by atoms with Crippen LogP contribution in [0.4, 0.5) is 14.5 Å². The first-order valence-electron chi connectivity index (χ1n) is 10.3. The zero-order chi connectivity index (χ0) is 23.5. The number of hydrogen-bond acceptors (Lipinski definition) is 4. The van der Waals surface area contributed by atoms with Gasteiger partial charge in [0, 0.05) is 11.6 Å². The van der Waals surface area contributed by atoms with Gasteiger partial charge in [-0.1, -0.05) is 29.8 Å². The van der Waals surface area contributed by atoms with Gasteiger partial charge in [0.2, 0.25) is 5.91 Å². The number of amides is 1. The molecule has 33 heavy (non-hydrogen) atoms. The molecule has 1 saturated heterocycles. The summed E-state index contributed by atoms with van der Waals surface area (Å²) in [6, 6.07) is 5.47. The second-order valence-electron chi connectivity index (χ2n) is 8.33. The molecule has 170 valence electrons. The Morgan fingerprint density at radius 2 is 1.94 bits per heavy atom. The summed E-state index contributed by atoms with van der Waals surface area (Å²) < 4.78 is 32.0. The van der Waals surface area contributed by atoms with Gasteiger partial charge in [-0.3, -0.25) is 14.2 Å². The first kappa shape index (κ1) is 21.9. The Labute approximate surface area is 197 Å². The van der Waals surface area contributed by atoms with Gasteiger partial charge < -0.3 is 10.2 Å². The molecule has 1 N–H and O–H groups in total. The van der Waals surface area contributed by atoms with Crippen LogP contribution in [0.3, 0.4) is 0 Å². The van der Waals surface area contributed by atoms with Crippen molar-refractivity contribution in [2.75, 3.05) is 18.4 Å². The molecule has 5 rings (SSSR count). The molecule has 0 unspecified atom stereocenters. The van der Waals surface area contributed by atoms with Crippen LogP contribution in [-0.2, 0) is 10.3 Å². The highest BCUT2D eigenvalue weighted by molar-refractivity contribution is 6.42. The monoisotopic (exact) mass is 490 g/mol. The molecule has 1 amide bonds. The zero-order valence-electron chi connectivity index (χ0n) is 17.2. The van der Waals surface area contributed by atoms with Crippen molar-refractivity contribution in [1.29, 1.82) is 0 Å². The smallest absolute Gasteiger partial charge is 0.264 e. The molecular weight excluding hydrogens is 473 g/mol.